The molecule has 0 radical (unpaired) electrons. The minimum atomic E-state index is 0.644. The molecule has 0 unspecified atom stereocenters. The highest BCUT2D eigenvalue weighted by molar-refractivity contribution is 5.55. The van der Waals surface area contributed by atoms with Gasteiger partial charge in [0.1, 0.15) is 11.6 Å². The maximum Gasteiger partial charge on any atom is 0.166 e. The Hall–Kier alpha value is -1.63. The second-order valence-electron chi connectivity index (χ2n) is 6.40. The molecule has 4 heteroatoms. The standard InChI is InChI=1S/C16H22N4/c1-10-11(2)19-20-16(15(10)9-17)18-6-5-14-8-12-3-4-13(14)7-12/h12-14H,3-8H2,1-2H3,(H,18,20)/t12-,13-,14-/m0/s1. The van der Waals surface area contributed by atoms with Crippen molar-refractivity contribution >= 4 is 5.82 Å². The van der Waals surface area contributed by atoms with Gasteiger partial charge < -0.3 is 5.32 Å². The van der Waals surface area contributed by atoms with Gasteiger partial charge in [0.2, 0.25) is 0 Å². The predicted molar refractivity (Wildman–Crippen MR) is 78.3 cm³/mol. The number of nitrogens with one attached hydrogen (secondary N) is 1. The molecule has 2 fully saturated rings. The van der Waals surface area contributed by atoms with E-state index in [1.54, 1.807) is 0 Å². The van der Waals surface area contributed by atoms with Crippen LogP contribution in [0.25, 0.3) is 0 Å². The van der Waals surface area contributed by atoms with Gasteiger partial charge in [-0.15, -0.1) is 5.10 Å². The maximum absolute atomic E-state index is 9.26. The second kappa shape index (κ2) is 5.40. The van der Waals surface area contributed by atoms with E-state index in [0.29, 0.717) is 11.4 Å². The van der Waals surface area contributed by atoms with Crippen molar-refractivity contribution in [2.45, 2.75) is 46.0 Å². The highest BCUT2D eigenvalue weighted by Gasteiger charge is 2.38. The van der Waals surface area contributed by atoms with E-state index in [2.05, 4.69) is 21.6 Å². The third-order valence-electron chi connectivity index (χ3n) is 5.26. The first-order valence-electron chi connectivity index (χ1n) is 7.67. The zero-order chi connectivity index (χ0) is 14.1. The number of anilines is 1. The van der Waals surface area contributed by atoms with E-state index in [0.717, 1.165) is 35.6 Å². The molecule has 20 heavy (non-hydrogen) atoms. The van der Waals surface area contributed by atoms with Crippen molar-refractivity contribution in [2.75, 3.05) is 11.9 Å². The molecule has 0 amide bonds. The molecule has 3 atom stereocenters. The van der Waals surface area contributed by atoms with E-state index >= 15 is 0 Å². The van der Waals surface area contributed by atoms with Crippen LogP contribution >= 0.6 is 0 Å². The fraction of sp³-hybridized carbons (Fsp3) is 0.688. The van der Waals surface area contributed by atoms with Crippen molar-refractivity contribution in [3.63, 3.8) is 0 Å². The van der Waals surface area contributed by atoms with Gasteiger partial charge in [-0.05, 0) is 62.8 Å². The average Bonchev–Trinajstić information content (AvgIpc) is 3.05. The van der Waals surface area contributed by atoms with Crippen LogP contribution in [-0.4, -0.2) is 16.7 Å². The van der Waals surface area contributed by atoms with Crippen LogP contribution in [0.15, 0.2) is 0 Å². The van der Waals surface area contributed by atoms with Crippen LogP contribution in [-0.2, 0) is 0 Å². The molecule has 0 spiro atoms. The second-order valence-corrected chi connectivity index (χ2v) is 6.40. The van der Waals surface area contributed by atoms with Gasteiger partial charge in [0, 0.05) is 6.54 Å². The molecule has 2 saturated carbocycles. The lowest BCUT2D eigenvalue weighted by molar-refractivity contribution is 0.320. The van der Waals surface area contributed by atoms with Crippen LogP contribution in [0.1, 0.15) is 48.9 Å². The minimum absolute atomic E-state index is 0.644. The number of aromatic nitrogens is 2. The smallest absolute Gasteiger partial charge is 0.166 e. The first-order valence-corrected chi connectivity index (χ1v) is 7.67. The van der Waals surface area contributed by atoms with Gasteiger partial charge >= 0.3 is 0 Å². The number of hydrogen-bond donors (Lipinski definition) is 1. The normalized spacial score (nSPS) is 27.6. The SMILES string of the molecule is Cc1nnc(NCC[C@H]2C[C@H]3CC[C@H]2C3)c(C#N)c1C. The number of nitrogens with zero attached hydrogens (tertiary/aromatic N) is 3. The summed E-state index contributed by atoms with van der Waals surface area (Å²) >= 11 is 0. The van der Waals surface area contributed by atoms with Gasteiger partial charge in [-0.25, -0.2) is 0 Å². The van der Waals surface area contributed by atoms with Crippen LogP contribution in [0.4, 0.5) is 5.82 Å². The van der Waals surface area contributed by atoms with Crippen LogP contribution in [0.5, 0.6) is 0 Å². The Morgan fingerprint density at radius 1 is 1.25 bits per heavy atom. The summed E-state index contributed by atoms with van der Waals surface area (Å²) < 4.78 is 0. The van der Waals surface area contributed by atoms with Gasteiger partial charge in [-0.2, -0.15) is 10.4 Å². The Morgan fingerprint density at radius 3 is 2.75 bits per heavy atom. The molecular formula is C16H22N4. The molecule has 0 aliphatic heterocycles. The molecule has 4 nitrogen and oxygen atoms in total. The van der Waals surface area contributed by atoms with Crippen molar-refractivity contribution in [1.82, 2.24) is 10.2 Å². The zero-order valence-corrected chi connectivity index (χ0v) is 12.3. The maximum atomic E-state index is 9.26. The van der Waals surface area contributed by atoms with E-state index in [1.165, 1.54) is 32.1 Å². The highest BCUT2D eigenvalue weighted by Crippen LogP contribution is 2.49. The summed E-state index contributed by atoms with van der Waals surface area (Å²) in [5.41, 5.74) is 2.41. The Balaban J connectivity index is 1.59. The fourth-order valence-electron chi connectivity index (χ4n) is 3.98. The largest absolute Gasteiger partial charge is 0.367 e. The van der Waals surface area contributed by atoms with Crippen LogP contribution in [0, 0.1) is 42.9 Å². The first-order chi connectivity index (χ1) is 9.69. The highest BCUT2D eigenvalue weighted by atomic mass is 15.2. The van der Waals surface area contributed by atoms with Crippen molar-refractivity contribution in [1.29, 1.82) is 5.26 Å². The third kappa shape index (κ3) is 2.37. The molecule has 0 saturated heterocycles. The van der Waals surface area contributed by atoms with Gasteiger partial charge in [-0.1, -0.05) is 6.42 Å². The van der Waals surface area contributed by atoms with E-state index in [-0.39, 0.29) is 0 Å². The Kier molecular flexibility index (Phi) is 3.60. The molecular weight excluding hydrogens is 248 g/mol. The lowest BCUT2D eigenvalue weighted by Gasteiger charge is -2.21. The van der Waals surface area contributed by atoms with Crippen LogP contribution < -0.4 is 5.32 Å². The summed E-state index contributed by atoms with van der Waals surface area (Å²) in [5, 5.41) is 20.8. The number of nitriles is 1. The summed E-state index contributed by atoms with van der Waals surface area (Å²) in [5.74, 6) is 3.49. The van der Waals surface area contributed by atoms with Crippen molar-refractivity contribution in [2.24, 2.45) is 17.8 Å². The van der Waals surface area contributed by atoms with E-state index in [9.17, 15) is 5.26 Å². The van der Waals surface area contributed by atoms with Crippen molar-refractivity contribution in [3.8, 4) is 6.07 Å². The molecule has 3 rings (SSSR count). The summed E-state index contributed by atoms with van der Waals surface area (Å²) in [7, 11) is 0. The van der Waals surface area contributed by atoms with E-state index in [1.807, 2.05) is 13.8 Å². The summed E-state index contributed by atoms with van der Waals surface area (Å²) in [4.78, 5) is 0. The molecule has 1 heterocycles. The summed E-state index contributed by atoms with van der Waals surface area (Å²) in [6.07, 6.45) is 6.95. The van der Waals surface area contributed by atoms with Crippen molar-refractivity contribution < 1.29 is 0 Å². The molecule has 2 aliphatic rings. The Labute approximate surface area is 120 Å². The molecule has 2 bridgehead atoms. The number of hydrogen-bond acceptors (Lipinski definition) is 4. The van der Waals surface area contributed by atoms with Gasteiger partial charge in [0.05, 0.1) is 5.69 Å². The van der Waals surface area contributed by atoms with E-state index < -0.39 is 0 Å². The number of aryl methyl sites for hydroxylation is 1. The molecule has 2 aliphatic carbocycles. The Bertz CT molecular complexity index is 546. The summed E-state index contributed by atoms with van der Waals surface area (Å²) in [6, 6.07) is 2.25. The molecule has 106 valence electrons. The average molecular weight is 270 g/mol. The quantitative estimate of drug-likeness (QED) is 0.912. The predicted octanol–water partition coefficient (Wildman–Crippen LogP) is 3.20. The fourth-order valence-corrected chi connectivity index (χ4v) is 3.98. The molecule has 1 aromatic rings. The third-order valence-corrected chi connectivity index (χ3v) is 5.26. The topological polar surface area (TPSA) is 61.6 Å². The Morgan fingerprint density at radius 2 is 2.10 bits per heavy atom. The minimum Gasteiger partial charge on any atom is -0.367 e. The number of rotatable bonds is 4. The lowest BCUT2D eigenvalue weighted by atomic mass is 9.86. The number of fused-ring (bicyclic) bond motifs is 2. The van der Waals surface area contributed by atoms with Crippen LogP contribution in [0.2, 0.25) is 0 Å². The molecule has 1 N–H and O–H groups in total. The zero-order valence-electron chi connectivity index (χ0n) is 12.3. The van der Waals surface area contributed by atoms with Crippen molar-refractivity contribution in [3.05, 3.63) is 16.8 Å². The van der Waals surface area contributed by atoms with E-state index in [4.69, 9.17) is 0 Å². The first kappa shape index (κ1) is 13.4. The summed E-state index contributed by atoms with van der Waals surface area (Å²) in [6.45, 7) is 4.73. The lowest BCUT2D eigenvalue weighted by Crippen LogP contribution is -2.16. The van der Waals surface area contributed by atoms with Crippen LogP contribution in [0.3, 0.4) is 0 Å². The van der Waals surface area contributed by atoms with Gasteiger partial charge in [0.25, 0.3) is 0 Å². The monoisotopic (exact) mass is 270 g/mol. The van der Waals surface area contributed by atoms with Gasteiger partial charge in [0.15, 0.2) is 5.82 Å². The van der Waals surface area contributed by atoms with Gasteiger partial charge in [-0.3, -0.25) is 0 Å². The molecule has 1 aromatic heterocycles. The molecule has 0 aromatic carbocycles.